The van der Waals surface area contributed by atoms with Gasteiger partial charge in [-0.05, 0) is 48.4 Å². The predicted molar refractivity (Wildman–Crippen MR) is 109 cm³/mol. The average Bonchev–Trinajstić information content (AvgIpc) is 2.91. The lowest BCUT2D eigenvalue weighted by molar-refractivity contribution is -0.136. The van der Waals surface area contributed by atoms with E-state index in [4.69, 9.17) is 5.73 Å². The molecule has 0 bridgehead atoms. The number of nitrogens with zero attached hydrogens (tertiary/aromatic N) is 2. The van der Waals surface area contributed by atoms with Gasteiger partial charge >= 0.3 is 0 Å². The van der Waals surface area contributed by atoms with Gasteiger partial charge in [0.15, 0.2) is 0 Å². The highest BCUT2D eigenvalue weighted by atomic mass is 16.2. The van der Waals surface area contributed by atoms with Crippen molar-refractivity contribution in [3.63, 3.8) is 0 Å². The topological polar surface area (TPSA) is 113 Å². The number of imide groups is 2. The Labute approximate surface area is 175 Å². The van der Waals surface area contributed by atoms with Crippen LogP contribution in [0.2, 0.25) is 0 Å². The van der Waals surface area contributed by atoms with Crippen LogP contribution >= 0.6 is 0 Å². The van der Waals surface area contributed by atoms with Gasteiger partial charge in [0.1, 0.15) is 6.04 Å². The molecule has 1 unspecified atom stereocenters. The molecule has 3 heterocycles. The van der Waals surface area contributed by atoms with Crippen LogP contribution in [0, 0.1) is 11.3 Å². The lowest BCUT2D eigenvalue weighted by Gasteiger charge is -2.42. The minimum atomic E-state index is -0.930. The molecule has 30 heavy (non-hydrogen) atoms. The number of benzene rings is 1. The van der Waals surface area contributed by atoms with Gasteiger partial charge in [0.05, 0.1) is 11.1 Å². The number of piperidine rings is 1. The van der Waals surface area contributed by atoms with E-state index >= 15 is 0 Å². The summed E-state index contributed by atoms with van der Waals surface area (Å²) in [6.07, 6.45) is 1.38. The van der Waals surface area contributed by atoms with Crippen LogP contribution in [0.1, 0.15) is 59.4 Å². The SMILES string of the molecule is CC(C)(CN)CC1CN(Cc2ccc3c(c2)C(=O)N(C2CCC(=O)NC2=O)C3=O)C1. The maximum absolute atomic E-state index is 12.9. The molecule has 4 rings (SSSR count). The second-order valence-electron chi connectivity index (χ2n) is 9.46. The molecule has 1 aromatic carbocycles. The fourth-order valence-corrected chi connectivity index (χ4v) is 4.67. The highest BCUT2D eigenvalue weighted by Crippen LogP contribution is 2.32. The zero-order chi connectivity index (χ0) is 21.6. The summed E-state index contributed by atoms with van der Waals surface area (Å²) < 4.78 is 0. The number of amides is 4. The number of carbonyl (C=O) groups excluding carboxylic acids is 4. The second-order valence-corrected chi connectivity index (χ2v) is 9.46. The van der Waals surface area contributed by atoms with E-state index in [-0.39, 0.29) is 24.2 Å². The van der Waals surface area contributed by atoms with Gasteiger partial charge in [-0.1, -0.05) is 19.9 Å². The van der Waals surface area contributed by atoms with E-state index in [1.54, 1.807) is 12.1 Å². The molecule has 0 aromatic heterocycles. The van der Waals surface area contributed by atoms with Crippen LogP contribution in [0.25, 0.3) is 0 Å². The van der Waals surface area contributed by atoms with Gasteiger partial charge in [-0.15, -0.1) is 0 Å². The van der Waals surface area contributed by atoms with E-state index in [1.165, 1.54) is 0 Å². The zero-order valence-corrected chi connectivity index (χ0v) is 17.4. The summed E-state index contributed by atoms with van der Waals surface area (Å²) >= 11 is 0. The van der Waals surface area contributed by atoms with Gasteiger partial charge in [0, 0.05) is 26.1 Å². The molecular formula is C22H28N4O4. The van der Waals surface area contributed by atoms with Gasteiger partial charge in [-0.2, -0.15) is 0 Å². The van der Waals surface area contributed by atoms with Gasteiger partial charge in [-0.3, -0.25) is 34.3 Å². The van der Waals surface area contributed by atoms with Crippen molar-refractivity contribution in [2.45, 2.75) is 45.7 Å². The Bertz CT molecular complexity index is 920. The van der Waals surface area contributed by atoms with Crippen molar-refractivity contribution in [3.8, 4) is 0 Å². The Hall–Kier alpha value is -2.58. The van der Waals surface area contributed by atoms with E-state index in [2.05, 4.69) is 24.1 Å². The third kappa shape index (κ3) is 3.77. The molecule has 8 nitrogen and oxygen atoms in total. The maximum Gasteiger partial charge on any atom is 0.262 e. The van der Waals surface area contributed by atoms with Crippen molar-refractivity contribution in [2.24, 2.45) is 17.1 Å². The predicted octanol–water partition coefficient (Wildman–Crippen LogP) is 0.895. The van der Waals surface area contributed by atoms with Crippen LogP contribution in [0.3, 0.4) is 0 Å². The monoisotopic (exact) mass is 412 g/mol. The average molecular weight is 412 g/mol. The molecule has 3 aliphatic heterocycles. The summed E-state index contributed by atoms with van der Waals surface area (Å²) in [7, 11) is 0. The molecule has 2 fully saturated rings. The summed E-state index contributed by atoms with van der Waals surface area (Å²) in [5, 5.41) is 2.21. The number of hydrogen-bond acceptors (Lipinski definition) is 6. The maximum atomic E-state index is 12.9. The normalized spacial score (nSPS) is 22.9. The number of hydrogen-bond donors (Lipinski definition) is 2. The van der Waals surface area contributed by atoms with Gasteiger partial charge < -0.3 is 5.73 Å². The third-order valence-corrected chi connectivity index (χ3v) is 6.34. The summed E-state index contributed by atoms with van der Waals surface area (Å²) in [5.74, 6) is -1.27. The van der Waals surface area contributed by atoms with Crippen molar-refractivity contribution < 1.29 is 19.2 Å². The number of rotatable bonds is 6. The number of nitrogens with two attached hydrogens (primary N) is 1. The molecule has 0 saturated carbocycles. The highest BCUT2D eigenvalue weighted by molar-refractivity contribution is 6.23. The molecule has 2 saturated heterocycles. The molecule has 3 aliphatic rings. The van der Waals surface area contributed by atoms with Crippen molar-refractivity contribution in [3.05, 3.63) is 34.9 Å². The largest absolute Gasteiger partial charge is 0.330 e. The first-order chi connectivity index (χ1) is 14.2. The summed E-state index contributed by atoms with van der Waals surface area (Å²) in [6, 6.07) is 4.37. The lowest BCUT2D eigenvalue weighted by Crippen LogP contribution is -2.54. The van der Waals surface area contributed by atoms with Crippen molar-refractivity contribution in [1.29, 1.82) is 0 Å². The van der Waals surface area contributed by atoms with Crippen LogP contribution in [0.4, 0.5) is 0 Å². The van der Waals surface area contributed by atoms with Crippen LogP contribution in [-0.2, 0) is 16.1 Å². The van der Waals surface area contributed by atoms with Gasteiger partial charge in [0.25, 0.3) is 11.8 Å². The minimum absolute atomic E-state index is 0.117. The fraction of sp³-hybridized carbons (Fsp3) is 0.545. The Balaban J connectivity index is 1.42. The second kappa shape index (κ2) is 7.59. The summed E-state index contributed by atoms with van der Waals surface area (Å²) in [4.78, 5) is 52.5. The number of nitrogens with one attached hydrogen (secondary N) is 1. The first kappa shape index (κ1) is 20.7. The van der Waals surface area contributed by atoms with Crippen LogP contribution < -0.4 is 11.1 Å². The lowest BCUT2D eigenvalue weighted by atomic mass is 9.79. The Morgan fingerprint density at radius 1 is 1.10 bits per heavy atom. The smallest absolute Gasteiger partial charge is 0.262 e. The molecular weight excluding hydrogens is 384 g/mol. The number of fused-ring (bicyclic) bond motifs is 1. The number of carbonyl (C=O) groups is 4. The highest BCUT2D eigenvalue weighted by Gasteiger charge is 2.44. The molecule has 3 N–H and O–H groups in total. The van der Waals surface area contributed by atoms with Gasteiger partial charge in [-0.25, -0.2) is 0 Å². The van der Waals surface area contributed by atoms with Crippen LogP contribution in [-0.4, -0.2) is 59.1 Å². The third-order valence-electron chi connectivity index (χ3n) is 6.34. The fourth-order valence-electron chi connectivity index (χ4n) is 4.67. The van der Waals surface area contributed by atoms with Crippen LogP contribution in [0.15, 0.2) is 18.2 Å². The Kier molecular flexibility index (Phi) is 5.23. The molecule has 0 spiro atoms. The summed E-state index contributed by atoms with van der Waals surface area (Å²) in [5.41, 5.74) is 7.60. The first-order valence-electron chi connectivity index (χ1n) is 10.5. The van der Waals surface area contributed by atoms with E-state index in [9.17, 15) is 19.2 Å². The Morgan fingerprint density at radius 2 is 1.80 bits per heavy atom. The minimum Gasteiger partial charge on any atom is -0.330 e. The van der Waals surface area contributed by atoms with Gasteiger partial charge in [0.2, 0.25) is 11.8 Å². The zero-order valence-electron chi connectivity index (χ0n) is 17.4. The van der Waals surface area contributed by atoms with E-state index in [0.29, 0.717) is 30.1 Å². The van der Waals surface area contributed by atoms with E-state index < -0.39 is 23.8 Å². The molecule has 160 valence electrons. The molecule has 1 aromatic rings. The number of likely N-dealkylation sites (tertiary alicyclic amines) is 1. The van der Waals surface area contributed by atoms with Crippen LogP contribution in [0.5, 0.6) is 0 Å². The molecule has 8 heteroatoms. The van der Waals surface area contributed by atoms with Crippen molar-refractivity contribution in [2.75, 3.05) is 19.6 Å². The van der Waals surface area contributed by atoms with E-state index in [1.807, 2.05) is 6.07 Å². The molecule has 4 amide bonds. The first-order valence-corrected chi connectivity index (χ1v) is 10.5. The van der Waals surface area contributed by atoms with Crippen molar-refractivity contribution in [1.82, 2.24) is 15.1 Å². The standard InChI is InChI=1S/C22H28N4O4/c1-22(2,12-23)8-14-10-25(11-14)9-13-3-4-15-16(7-13)21(30)26(20(15)29)17-5-6-18(27)24-19(17)28/h3-4,7,14,17H,5-6,8-12,23H2,1-2H3,(H,24,27,28). The van der Waals surface area contributed by atoms with E-state index in [0.717, 1.165) is 30.0 Å². The molecule has 0 aliphatic carbocycles. The summed E-state index contributed by atoms with van der Waals surface area (Å²) in [6.45, 7) is 7.76. The molecule has 0 radical (unpaired) electrons. The quantitative estimate of drug-likeness (QED) is 0.671. The molecule has 1 atom stereocenters. The Morgan fingerprint density at radius 3 is 2.47 bits per heavy atom. The van der Waals surface area contributed by atoms with Crippen molar-refractivity contribution >= 4 is 23.6 Å².